The molecule has 0 saturated carbocycles. The number of aliphatic hydroxyl groups excluding tert-OH is 1. The molecule has 0 aliphatic heterocycles. The summed E-state index contributed by atoms with van der Waals surface area (Å²) in [7, 11) is -9.93. The Morgan fingerprint density at radius 3 is 0.927 bits per heavy atom. The minimum atomic E-state index is -4.97. The Morgan fingerprint density at radius 1 is 0.344 bits per heavy atom. The summed E-state index contributed by atoms with van der Waals surface area (Å²) < 4.78 is 68.5. The van der Waals surface area contributed by atoms with Crippen molar-refractivity contribution in [2.45, 2.75) is 388 Å². The quantitative estimate of drug-likeness (QED) is 0.0169. The van der Waals surface area contributed by atoms with E-state index in [0.717, 1.165) is 127 Å². The number of ether oxygens (including phenoxy) is 4. The predicted molar refractivity (Wildman–Crippen MR) is 390 cm³/mol. The van der Waals surface area contributed by atoms with Crippen molar-refractivity contribution in [3.05, 3.63) is 24.3 Å². The third-order valence-corrected chi connectivity index (χ3v) is 19.5. The molecule has 566 valence electrons. The maximum Gasteiger partial charge on any atom is 0.472 e. The zero-order valence-corrected chi connectivity index (χ0v) is 64.1. The summed E-state index contributed by atoms with van der Waals surface area (Å²) >= 11 is 0. The van der Waals surface area contributed by atoms with Gasteiger partial charge in [0.25, 0.3) is 0 Å². The van der Waals surface area contributed by atoms with Crippen LogP contribution >= 0.6 is 15.6 Å². The average Bonchev–Trinajstić information content (AvgIpc) is 1.50. The number of aliphatic hydroxyl groups is 1. The second kappa shape index (κ2) is 67.1. The molecule has 0 bridgehead atoms. The van der Waals surface area contributed by atoms with Gasteiger partial charge in [0.05, 0.1) is 26.4 Å². The maximum absolute atomic E-state index is 13.1. The molecule has 0 rings (SSSR count). The summed E-state index contributed by atoms with van der Waals surface area (Å²) in [4.78, 5) is 72.8. The monoisotopic (exact) mass is 1410 g/mol. The van der Waals surface area contributed by atoms with Crippen LogP contribution in [0.1, 0.15) is 370 Å². The van der Waals surface area contributed by atoms with E-state index in [-0.39, 0.29) is 25.7 Å². The number of hydrogen-bond donors (Lipinski definition) is 3. The van der Waals surface area contributed by atoms with Gasteiger partial charge >= 0.3 is 39.5 Å². The van der Waals surface area contributed by atoms with Crippen LogP contribution in [0.15, 0.2) is 24.3 Å². The van der Waals surface area contributed by atoms with Gasteiger partial charge in [-0.15, -0.1) is 0 Å². The van der Waals surface area contributed by atoms with Crippen molar-refractivity contribution in [1.82, 2.24) is 0 Å². The van der Waals surface area contributed by atoms with Crippen LogP contribution in [0.25, 0.3) is 0 Å². The van der Waals surface area contributed by atoms with Crippen LogP contribution in [0.3, 0.4) is 0 Å². The van der Waals surface area contributed by atoms with Crippen molar-refractivity contribution in [3.63, 3.8) is 0 Å². The van der Waals surface area contributed by atoms with Gasteiger partial charge < -0.3 is 33.8 Å². The van der Waals surface area contributed by atoms with E-state index in [4.69, 9.17) is 37.0 Å². The van der Waals surface area contributed by atoms with Gasteiger partial charge in [0.15, 0.2) is 12.2 Å². The summed E-state index contributed by atoms with van der Waals surface area (Å²) in [5.41, 5.74) is 0. The summed E-state index contributed by atoms with van der Waals surface area (Å²) in [5, 5.41) is 10.6. The van der Waals surface area contributed by atoms with Crippen molar-refractivity contribution in [2.75, 3.05) is 39.6 Å². The zero-order valence-electron chi connectivity index (χ0n) is 62.3. The van der Waals surface area contributed by atoms with E-state index in [1.54, 1.807) is 0 Å². The molecule has 0 aliphatic carbocycles. The highest BCUT2D eigenvalue weighted by atomic mass is 31.2. The molecule has 19 heteroatoms. The number of hydrogen-bond acceptors (Lipinski definition) is 15. The first-order valence-electron chi connectivity index (χ1n) is 39.2. The lowest BCUT2D eigenvalue weighted by atomic mass is 9.99. The lowest BCUT2D eigenvalue weighted by Crippen LogP contribution is -2.30. The molecule has 6 atom stereocenters. The van der Waals surface area contributed by atoms with Crippen LogP contribution in [-0.2, 0) is 65.4 Å². The lowest BCUT2D eigenvalue weighted by Gasteiger charge is -2.21. The molecule has 0 amide bonds. The molecule has 0 fully saturated rings. The van der Waals surface area contributed by atoms with Crippen LogP contribution in [0.2, 0.25) is 0 Å². The molecule has 3 N–H and O–H groups in total. The number of phosphoric ester groups is 2. The van der Waals surface area contributed by atoms with Gasteiger partial charge in [-0.1, -0.05) is 317 Å². The Kier molecular flexibility index (Phi) is 65.3. The highest BCUT2D eigenvalue weighted by Gasteiger charge is 2.30. The molecule has 0 aliphatic rings. The molecular formula is C77H146O17P2. The minimum absolute atomic E-state index is 0.100. The van der Waals surface area contributed by atoms with Gasteiger partial charge in [0.2, 0.25) is 0 Å². The summed E-state index contributed by atoms with van der Waals surface area (Å²) in [6, 6.07) is 0. The fourth-order valence-corrected chi connectivity index (χ4v) is 12.8. The predicted octanol–water partition coefficient (Wildman–Crippen LogP) is 22.1. The first-order chi connectivity index (χ1) is 46.3. The molecule has 0 radical (unpaired) electrons. The van der Waals surface area contributed by atoms with Gasteiger partial charge in [0.1, 0.15) is 19.3 Å². The van der Waals surface area contributed by atoms with Crippen molar-refractivity contribution in [3.8, 4) is 0 Å². The molecule has 17 nitrogen and oxygen atoms in total. The zero-order chi connectivity index (χ0) is 70.9. The first-order valence-corrected chi connectivity index (χ1v) is 42.2. The Hall–Kier alpha value is -2.46. The van der Waals surface area contributed by atoms with E-state index in [2.05, 4.69) is 72.8 Å². The van der Waals surface area contributed by atoms with Crippen molar-refractivity contribution >= 4 is 39.5 Å². The lowest BCUT2D eigenvalue weighted by molar-refractivity contribution is -0.161. The normalized spacial score (nSPS) is 14.5. The van der Waals surface area contributed by atoms with Crippen molar-refractivity contribution in [2.24, 2.45) is 17.8 Å². The van der Waals surface area contributed by atoms with Gasteiger partial charge in [0, 0.05) is 25.7 Å². The van der Waals surface area contributed by atoms with Crippen molar-refractivity contribution < 1.29 is 80.2 Å². The first kappa shape index (κ1) is 93.5. The number of esters is 4. The molecule has 0 saturated heterocycles. The third-order valence-electron chi connectivity index (χ3n) is 17.6. The van der Waals surface area contributed by atoms with E-state index < -0.39 is 97.5 Å². The summed E-state index contributed by atoms with van der Waals surface area (Å²) in [5.74, 6) is 0.150. The average molecular weight is 1410 g/mol. The Balaban J connectivity index is 5.29. The second-order valence-corrected chi connectivity index (χ2v) is 31.2. The SMILES string of the molecule is CCCCCC/C=C\C=C/CCCCCCCC(=O)OC[C@H](COP(=O)(O)OCC(O)COP(=O)(O)OC[C@@H](COC(=O)CCCCCCCCCC(C)C)OC(=O)CCCCCCCCCCCCC(C)C)OC(=O)CCCCCCCCCCCCCCCCC(C)CC. The van der Waals surface area contributed by atoms with Gasteiger partial charge in [-0.2, -0.15) is 0 Å². The Labute approximate surface area is 586 Å². The molecular weight excluding hydrogens is 1260 g/mol. The highest BCUT2D eigenvalue weighted by Crippen LogP contribution is 2.45. The van der Waals surface area contributed by atoms with Gasteiger partial charge in [-0.05, 0) is 69.1 Å². The number of phosphoric acid groups is 2. The van der Waals surface area contributed by atoms with E-state index in [1.807, 2.05) is 0 Å². The van der Waals surface area contributed by atoms with E-state index in [0.29, 0.717) is 31.6 Å². The Bertz CT molecular complexity index is 1970. The van der Waals surface area contributed by atoms with Crippen LogP contribution in [0.4, 0.5) is 0 Å². The molecule has 96 heavy (non-hydrogen) atoms. The molecule has 0 aromatic carbocycles. The fourth-order valence-electron chi connectivity index (χ4n) is 11.2. The third kappa shape index (κ3) is 68.7. The number of carbonyl (C=O) groups excluding carboxylic acids is 4. The maximum atomic E-state index is 13.1. The molecule has 0 spiro atoms. The number of rotatable bonds is 73. The van der Waals surface area contributed by atoms with Crippen LogP contribution in [0, 0.1) is 17.8 Å². The summed E-state index contributed by atoms with van der Waals surface area (Å²) in [6.45, 7) is 11.8. The van der Waals surface area contributed by atoms with Gasteiger partial charge in [-0.3, -0.25) is 37.3 Å². The van der Waals surface area contributed by atoms with Crippen molar-refractivity contribution in [1.29, 1.82) is 0 Å². The fraction of sp³-hybridized carbons (Fsp3) is 0.896. The smallest absolute Gasteiger partial charge is 0.462 e. The number of carbonyl (C=O) groups is 4. The Morgan fingerprint density at radius 2 is 0.615 bits per heavy atom. The summed E-state index contributed by atoms with van der Waals surface area (Å²) in [6.07, 6.45) is 56.3. The topological polar surface area (TPSA) is 237 Å². The standard InChI is InChI=1S/C77H146O17P2/c1-8-10-11-12-13-14-15-16-17-21-24-30-37-44-51-58-74(79)87-64-72(93-76(81)60-53-46-38-31-25-22-19-18-20-23-29-36-43-50-57-70(7)9-2)66-91-95(83,84)89-62-71(78)63-90-96(85,86)92-67-73(65-88-75(80)59-52-45-40-33-35-42-49-56-69(5)6)94-77(82)61-54-47-39-32-27-26-28-34-41-48-55-68(3)4/h14-17,68-73,78H,8-13,18-67H2,1-7H3,(H,83,84)(H,85,86)/b15-14-,17-16-/t70?,71?,72-,73-/m1/s1. The van der Waals surface area contributed by atoms with Crippen LogP contribution in [0.5, 0.6) is 0 Å². The van der Waals surface area contributed by atoms with Gasteiger partial charge in [-0.25, -0.2) is 9.13 Å². The largest absolute Gasteiger partial charge is 0.472 e. The highest BCUT2D eigenvalue weighted by molar-refractivity contribution is 7.47. The molecule has 4 unspecified atom stereocenters. The van der Waals surface area contributed by atoms with E-state index >= 15 is 0 Å². The van der Waals surface area contributed by atoms with Crippen LogP contribution < -0.4 is 0 Å². The number of allylic oxidation sites excluding steroid dienone is 4. The second-order valence-electron chi connectivity index (χ2n) is 28.3. The number of unbranched alkanes of at least 4 members (excludes halogenated alkanes) is 37. The molecule has 0 heterocycles. The molecule has 0 aromatic heterocycles. The minimum Gasteiger partial charge on any atom is -0.462 e. The van der Waals surface area contributed by atoms with E-state index in [1.165, 1.54) is 154 Å². The van der Waals surface area contributed by atoms with E-state index in [9.17, 15) is 43.2 Å². The van der Waals surface area contributed by atoms with Crippen LogP contribution in [-0.4, -0.2) is 96.7 Å². The molecule has 0 aromatic rings.